The van der Waals surface area contributed by atoms with Crippen molar-refractivity contribution < 1.29 is 9.53 Å². The number of rotatable bonds is 5. The summed E-state index contributed by atoms with van der Waals surface area (Å²) in [5.41, 5.74) is 3.27. The second-order valence-corrected chi connectivity index (χ2v) is 5.88. The van der Waals surface area contributed by atoms with Gasteiger partial charge >= 0.3 is 0 Å². The van der Waals surface area contributed by atoms with Crippen LogP contribution in [0.1, 0.15) is 19.4 Å². The quantitative estimate of drug-likeness (QED) is 0.769. The first-order chi connectivity index (χ1) is 12.7. The predicted octanol–water partition coefficient (Wildman–Crippen LogP) is 3.92. The predicted molar refractivity (Wildman–Crippen MR) is 106 cm³/mol. The minimum Gasteiger partial charge on any atom is -0.479 e. The smallest absolute Gasteiger partial charge is 0.284 e. The first-order valence-electron chi connectivity index (χ1n) is 8.77. The molecule has 0 atom stereocenters. The molecule has 134 valence electrons. The van der Waals surface area contributed by atoms with Gasteiger partial charge in [-0.2, -0.15) is 5.01 Å². The number of carbonyl (C=O) groups is 1. The Balaban J connectivity index is 1.88. The summed E-state index contributed by atoms with van der Waals surface area (Å²) < 4.78 is 5.33. The number of para-hydroxylation sites is 1. The van der Waals surface area contributed by atoms with Crippen LogP contribution in [0.3, 0.4) is 0 Å². The highest BCUT2D eigenvalue weighted by atomic mass is 16.5. The fourth-order valence-electron chi connectivity index (χ4n) is 2.95. The van der Waals surface area contributed by atoms with Gasteiger partial charge in [0, 0.05) is 18.8 Å². The molecule has 5 heteroatoms. The molecule has 0 aromatic heterocycles. The maximum absolute atomic E-state index is 12.8. The van der Waals surface area contributed by atoms with Crippen LogP contribution in [0.15, 0.2) is 65.3 Å². The maximum Gasteiger partial charge on any atom is 0.284 e. The second-order valence-electron chi connectivity index (χ2n) is 5.88. The highest BCUT2D eigenvalue weighted by Crippen LogP contribution is 2.25. The van der Waals surface area contributed by atoms with Gasteiger partial charge in [0.2, 0.25) is 5.90 Å². The Bertz CT molecular complexity index is 822. The molecule has 2 aromatic carbocycles. The van der Waals surface area contributed by atoms with Gasteiger partial charge in [0.25, 0.3) is 5.91 Å². The molecule has 0 N–H and O–H groups in total. The summed E-state index contributed by atoms with van der Waals surface area (Å²) in [5.74, 6) is 0.132. The van der Waals surface area contributed by atoms with Crippen molar-refractivity contribution in [2.45, 2.75) is 13.8 Å². The zero-order valence-corrected chi connectivity index (χ0v) is 15.3. The van der Waals surface area contributed by atoms with E-state index in [0.717, 1.165) is 18.7 Å². The minimum atomic E-state index is -0.194. The normalized spacial score (nSPS) is 15.3. The molecule has 5 nitrogen and oxygen atoms in total. The lowest BCUT2D eigenvalue weighted by Gasteiger charge is -2.20. The molecule has 3 rings (SSSR count). The summed E-state index contributed by atoms with van der Waals surface area (Å²) in [6.07, 6.45) is 1.82. The van der Waals surface area contributed by atoms with Crippen LogP contribution < -0.4 is 9.91 Å². The Morgan fingerprint density at radius 1 is 1.04 bits per heavy atom. The first-order valence-corrected chi connectivity index (χ1v) is 8.77. The lowest BCUT2D eigenvalue weighted by molar-refractivity contribution is -0.114. The van der Waals surface area contributed by atoms with Gasteiger partial charge in [-0.05, 0) is 49.8 Å². The Labute approximate surface area is 154 Å². The summed E-state index contributed by atoms with van der Waals surface area (Å²) in [6, 6.07) is 17.5. The largest absolute Gasteiger partial charge is 0.479 e. The summed E-state index contributed by atoms with van der Waals surface area (Å²) in [4.78, 5) is 15.1. The number of ether oxygens (including phenoxy) is 1. The third-order valence-electron chi connectivity index (χ3n) is 4.37. The molecule has 0 bridgehead atoms. The summed E-state index contributed by atoms with van der Waals surface area (Å²) >= 11 is 0. The highest BCUT2D eigenvalue weighted by molar-refractivity contribution is 6.30. The highest BCUT2D eigenvalue weighted by Gasteiger charge is 2.32. The van der Waals surface area contributed by atoms with E-state index in [1.165, 1.54) is 17.8 Å². The zero-order chi connectivity index (χ0) is 18.5. The molecule has 0 saturated heterocycles. The van der Waals surface area contributed by atoms with Crippen LogP contribution >= 0.6 is 0 Å². The topological polar surface area (TPSA) is 45.1 Å². The Morgan fingerprint density at radius 2 is 1.69 bits per heavy atom. The Hall–Kier alpha value is -3.08. The van der Waals surface area contributed by atoms with Gasteiger partial charge in [-0.3, -0.25) is 4.79 Å². The van der Waals surface area contributed by atoms with Gasteiger partial charge in [-0.1, -0.05) is 30.3 Å². The van der Waals surface area contributed by atoms with E-state index in [1.54, 1.807) is 0 Å². The van der Waals surface area contributed by atoms with Crippen molar-refractivity contribution in [3.8, 4) is 0 Å². The number of amides is 1. The van der Waals surface area contributed by atoms with E-state index in [1.807, 2.05) is 48.5 Å². The van der Waals surface area contributed by atoms with Crippen molar-refractivity contribution >= 4 is 29.3 Å². The van der Waals surface area contributed by atoms with Crippen LogP contribution in [0.2, 0.25) is 0 Å². The lowest BCUT2D eigenvalue weighted by Crippen LogP contribution is -2.21. The number of nitrogens with zero attached hydrogens (tertiary/aromatic N) is 3. The van der Waals surface area contributed by atoms with Gasteiger partial charge in [-0.25, -0.2) is 0 Å². The van der Waals surface area contributed by atoms with Gasteiger partial charge in [-0.15, -0.1) is 5.10 Å². The number of carbonyl (C=O) groups excluding carboxylic acids is 1. The van der Waals surface area contributed by atoms with E-state index >= 15 is 0 Å². The number of hydrogen-bond donors (Lipinski definition) is 0. The molecule has 0 radical (unpaired) electrons. The molecule has 1 amide bonds. The van der Waals surface area contributed by atoms with Crippen molar-refractivity contribution in [1.82, 2.24) is 0 Å². The molecule has 2 aromatic rings. The first kappa shape index (κ1) is 17.7. The van der Waals surface area contributed by atoms with Crippen LogP contribution in [-0.2, 0) is 9.53 Å². The number of methoxy groups -OCH3 is 1. The number of benzene rings is 2. The fraction of sp³-hybridized carbons (Fsp3) is 0.238. The third-order valence-corrected chi connectivity index (χ3v) is 4.37. The summed E-state index contributed by atoms with van der Waals surface area (Å²) in [7, 11) is 1.53. The maximum atomic E-state index is 12.8. The van der Waals surface area contributed by atoms with Crippen LogP contribution in [0.4, 0.5) is 11.4 Å². The molecule has 0 saturated carbocycles. The van der Waals surface area contributed by atoms with E-state index < -0.39 is 0 Å². The SMILES string of the molecule is CCN(CC)c1ccc(C=C2C(=O)N(c3ccccc3)N=C2OC)cc1. The Morgan fingerprint density at radius 3 is 2.27 bits per heavy atom. The zero-order valence-electron chi connectivity index (χ0n) is 15.3. The van der Waals surface area contributed by atoms with Gasteiger partial charge in [0.15, 0.2) is 0 Å². The number of hydrogen-bond acceptors (Lipinski definition) is 4. The van der Waals surface area contributed by atoms with Crippen LogP contribution in [0.5, 0.6) is 0 Å². The number of anilines is 2. The molecule has 26 heavy (non-hydrogen) atoms. The van der Waals surface area contributed by atoms with Crippen LogP contribution in [0, 0.1) is 0 Å². The summed E-state index contributed by atoms with van der Waals surface area (Å²) in [5, 5.41) is 5.68. The molecular formula is C21H23N3O2. The average molecular weight is 349 g/mol. The molecule has 0 aliphatic carbocycles. The van der Waals surface area contributed by atoms with Crippen LogP contribution in [-0.4, -0.2) is 32.0 Å². The molecule has 1 aliphatic rings. The third kappa shape index (κ3) is 3.47. The van der Waals surface area contributed by atoms with E-state index in [-0.39, 0.29) is 5.91 Å². The van der Waals surface area contributed by atoms with Gasteiger partial charge in [0.1, 0.15) is 5.57 Å². The van der Waals surface area contributed by atoms with E-state index in [4.69, 9.17) is 4.74 Å². The van der Waals surface area contributed by atoms with Gasteiger partial charge in [0.05, 0.1) is 12.8 Å². The van der Waals surface area contributed by atoms with Gasteiger partial charge < -0.3 is 9.64 Å². The van der Waals surface area contributed by atoms with E-state index in [2.05, 4.69) is 36.0 Å². The van der Waals surface area contributed by atoms with Crippen molar-refractivity contribution in [3.63, 3.8) is 0 Å². The number of hydrazone groups is 1. The van der Waals surface area contributed by atoms with E-state index in [9.17, 15) is 4.79 Å². The lowest BCUT2D eigenvalue weighted by atomic mass is 10.1. The second kappa shape index (κ2) is 7.87. The van der Waals surface area contributed by atoms with Crippen molar-refractivity contribution in [2.24, 2.45) is 5.10 Å². The average Bonchev–Trinajstić information content (AvgIpc) is 3.00. The Kier molecular flexibility index (Phi) is 5.37. The van der Waals surface area contributed by atoms with Crippen molar-refractivity contribution in [2.75, 3.05) is 30.1 Å². The molecule has 0 unspecified atom stereocenters. The minimum absolute atomic E-state index is 0.194. The van der Waals surface area contributed by atoms with Crippen LogP contribution in [0.25, 0.3) is 6.08 Å². The fourth-order valence-corrected chi connectivity index (χ4v) is 2.95. The molecular weight excluding hydrogens is 326 g/mol. The van der Waals surface area contributed by atoms with Crippen molar-refractivity contribution in [1.29, 1.82) is 0 Å². The summed E-state index contributed by atoms with van der Waals surface area (Å²) in [6.45, 7) is 6.19. The molecule has 0 fully saturated rings. The molecule has 1 heterocycles. The molecule has 1 aliphatic heterocycles. The molecule has 0 spiro atoms. The van der Waals surface area contributed by atoms with E-state index in [0.29, 0.717) is 17.2 Å². The monoisotopic (exact) mass is 349 g/mol. The van der Waals surface area contributed by atoms with Crippen molar-refractivity contribution in [3.05, 3.63) is 65.7 Å². The standard InChI is InChI=1S/C21H23N3O2/c1-4-23(5-2)17-13-11-16(12-14-17)15-19-20(26-3)22-24(21(19)25)18-9-7-6-8-10-18/h6-15H,4-5H2,1-3H3.